The van der Waals surface area contributed by atoms with Crippen LogP contribution >= 0.6 is 0 Å². The summed E-state index contributed by atoms with van der Waals surface area (Å²) in [6.45, 7) is 6.21. The predicted octanol–water partition coefficient (Wildman–Crippen LogP) is 0.394. The van der Waals surface area contributed by atoms with Crippen molar-refractivity contribution in [2.24, 2.45) is 5.84 Å². The van der Waals surface area contributed by atoms with E-state index in [9.17, 15) is 9.90 Å². The Morgan fingerprint density at radius 3 is 2.72 bits per heavy atom. The zero-order valence-corrected chi connectivity index (χ0v) is 11.3. The summed E-state index contributed by atoms with van der Waals surface area (Å²) in [6, 6.07) is 1.67. The van der Waals surface area contributed by atoms with Crippen molar-refractivity contribution in [1.82, 2.24) is 10.3 Å². The van der Waals surface area contributed by atoms with E-state index in [2.05, 4.69) is 5.43 Å². The van der Waals surface area contributed by atoms with Crippen molar-refractivity contribution in [3.63, 3.8) is 0 Å². The minimum Gasteiger partial charge on any atom is -0.464 e. The molecule has 1 rings (SSSR count). The molecule has 0 bridgehead atoms. The van der Waals surface area contributed by atoms with Gasteiger partial charge >= 0.3 is 0 Å². The number of aliphatic hydroxyl groups is 1. The maximum absolute atomic E-state index is 11.4. The molecule has 1 aromatic heterocycles. The molecule has 1 amide bonds. The summed E-state index contributed by atoms with van der Waals surface area (Å²) in [5, 5.41) is 9.70. The Morgan fingerprint density at radius 1 is 1.61 bits per heavy atom. The number of nitrogens with zero attached hydrogens (tertiary/aromatic N) is 1. The first-order valence-electron chi connectivity index (χ1n) is 5.74. The molecule has 0 fully saturated rings. The van der Waals surface area contributed by atoms with Crippen molar-refractivity contribution in [2.75, 3.05) is 13.6 Å². The second-order valence-electron chi connectivity index (χ2n) is 5.14. The number of likely N-dealkylation sites (N-methyl/N-ethyl adjacent to an activating group) is 1. The van der Waals surface area contributed by atoms with Crippen LogP contribution in [0.2, 0.25) is 0 Å². The van der Waals surface area contributed by atoms with E-state index in [4.69, 9.17) is 10.3 Å². The Labute approximate surface area is 107 Å². The highest BCUT2D eigenvalue weighted by Crippen LogP contribution is 2.16. The van der Waals surface area contributed by atoms with Gasteiger partial charge in [0.25, 0.3) is 5.91 Å². The quantitative estimate of drug-likeness (QED) is 0.402. The maximum atomic E-state index is 11.4. The largest absolute Gasteiger partial charge is 0.464 e. The van der Waals surface area contributed by atoms with Crippen molar-refractivity contribution in [2.45, 2.75) is 32.9 Å². The second kappa shape index (κ2) is 5.51. The second-order valence-corrected chi connectivity index (χ2v) is 5.14. The summed E-state index contributed by atoms with van der Waals surface area (Å²) in [7, 11) is 1.87. The molecule has 0 aromatic carbocycles. The van der Waals surface area contributed by atoms with Crippen LogP contribution in [-0.4, -0.2) is 35.1 Å². The number of nitrogen functional groups attached to an aromatic ring is 1. The molecule has 0 atom stereocenters. The van der Waals surface area contributed by atoms with Crippen molar-refractivity contribution in [3.8, 4) is 0 Å². The first-order valence-corrected chi connectivity index (χ1v) is 5.74. The minimum atomic E-state index is -0.770. The van der Waals surface area contributed by atoms with Gasteiger partial charge in [-0.3, -0.25) is 15.1 Å². The number of rotatable bonds is 5. The molecule has 6 heteroatoms. The van der Waals surface area contributed by atoms with Crippen LogP contribution in [0.5, 0.6) is 0 Å². The Kier molecular flexibility index (Phi) is 4.50. The topological polar surface area (TPSA) is 91.7 Å². The number of nitrogens with one attached hydrogen (secondary N) is 1. The lowest BCUT2D eigenvalue weighted by atomic mass is 10.1. The fraction of sp³-hybridized carbons (Fsp3) is 0.583. The number of hydrazine groups is 1. The first kappa shape index (κ1) is 14.7. The molecule has 1 heterocycles. The van der Waals surface area contributed by atoms with Gasteiger partial charge in [-0.15, -0.1) is 0 Å². The molecular formula is C12H21N3O3. The average molecular weight is 255 g/mol. The zero-order valence-electron chi connectivity index (χ0n) is 11.3. The van der Waals surface area contributed by atoms with Crippen molar-refractivity contribution in [1.29, 1.82) is 0 Å². The van der Waals surface area contributed by atoms with E-state index in [1.54, 1.807) is 26.8 Å². The SMILES string of the molecule is Cc1oc(CN(C)CC(C)(C)O)cc1C(=O)NN. The third-order valence-electron chi connectivity index (χ3n) is 2.43. The van der Waals surface area contributed by atoms with Crippen LogP contribution in [0.3, 0.4) is 0 Å². The predicted molar refractivity (Wildman–Crippen MR) is 67.7 cm³/mol. The molecule has 0 saturated carbocycles. The monoisotopic (exact) mass is 255 g/mol. The Morgan fingerprint density at radius 2 is 2.22 bits per heavy atom. The van der Waals surface area contributed by atoms with Gasteiger partial charge in [-0.25, -0.2) is 5.84 Å². The third-order valence-corrected chi connectivity index (χ3v) is 2.43. The molecule has 18 heavy (non-hydrogen) atoms. The van der Waals surface area contributed by atoms with E-state index in [0.29, 0.717) is 30.2 Å². The highest BCUT2D eigenvalue weighted by Gasteiger charge is 2.18. The fourth-order valence-corrected chi connectivity index (χ4v) is 1.91. The van der Waals surface area contributed by atoms with Gasteiger partial charge in [0.15, 0.2) is 0 Å². The van der Waals surface area contributed by atoms with Gasteiger partial charge in [-0.2, -0.15) is 0 Å². The van der Waals surface area contributed by atoms with Gasteiger partial charge in [0.2, 0.25) is 0 Å². The Balaban J connectivity index is 2.72. The van der Waals surface area contributed by atoms with Crippen molar-refractivity contribution < 1.29 is 14.3 Å². The Hall–Kier alpha value is -1.37. The van der Waals surface area contributed by atoms with Gasteiger partial charge < -0.3 is 9.52 Å². The smallest absolute Gasteiger partial charge is 0.268 e. The lowest BCUT2D eigenvalue weighted by Gasteiger charge is -2.24. The molecule has 1 aromatic rings. The van der Waals surface area contributed by atoms with Gasteiger partial charge in [0.05, 0.1) is 17.7 Å². The number of hydrogen-bond acceptors (Lipinski definition) is 5. The molecule has 0 radical (unpaired) electrons. The van der Waals surface area contributed by atoms with Gasteiger partial charge in [0, 0.05) is 6.54 Å². The van der Waals surface area contributed by atoms with E-state index in [1.165, 1.54) is 0 Å². The van der Waals surface area contributed by atoms with Gasteiger partial charge in [0.1, 0.15) is 11.5 Å². The number of furan rings is 1. The Bertz CT molecular complexity index is 421. The summed E-state index contributed by atoms with van der Waals surface area (Å²) in [5.41, 5.74) is 1.74. The van der Waals surface area contributed by atoms with Crippen LogP contribution in [-0.2, 0) is 6.54 Å². The number of carbonyl (C=O) groups excluding carboxylic acids is 1. The van der Waals surface area contributed by atoms with Crippen LogP contribution in [0, 0.1) is 6.92 Å². The van der Waals surface area contributed by atoms with Crippen LogP contribution in [0.25, 0.3) is 0 Å². The summed E-state index contributed by atoms with van der Waals surface area (Å²) in [6.07, 6.45) is 0. The van der Waals surface area contributed by atoms with Crippen molar-refractivity contribution >= 4 is 5.91 Å². The normalized spacial score (nSPS) is 11.9. The van der Waals surface area contributed by atoms with Crippen LogP contribution < -0.4 is 11.3 Å². The molecule has 102 valence electrons. The van der Waals surface area contributed by atoms with Crippen LogP contribution in [0.15, 0.2) is 10.5 Å². The molecule has 0 aliphatic heterocycles. The standard InChI is InChI=1S/C12H21N3O3/c1-8-10(11(16)14-13)5-9(18-8)6-15(4)7-12(2,3)17/h5,17H,6-7,13H2,1-4H3,(H,14,16). The van der Waals surface area contributed by atoms with E-state index in [1.807, 2.05) is 11.9 Å². The number of hydrogen-bond donors (Lipinski definition) is 3. The third kappa shape index (κ3) is 4.14. The summed E-state index contributed by atoms with van der Waals surface area (Å²) in [5.74, 6) is 5.91. The summed E-state index contributed by atoms with van der Waals surface area (Å²) >= 11 is 0. The number of aryl methyl sites for hydroxylation is 1. The van der Waals surface area contributed by atoms with E-state index >= 15 is 0 Å². The molecule has 0 saturated heterocycles. The average Bonchev–Trinajstić information content (AvgIpc) is 2.55. The zero-order chi connectivity index (χ0) is 13.9. The van der Waals surface area contributed by atoms with Gasteiger partial charge in [-0.05, 0) is 33.9 Å². The highest BCUT2D eigenvalue weighted by atomic mass is 16.3. The number of amides is 1. The van der Waals surface area contributed by atoms with E-state index in [-0.39, 0.29) is 5.91 Å². The summed E-state index contributed by atoms with van der Waals surface area (Å²) in [4.78, 5) is 13.3. The minimum absolute atomic E-state index is 0.368. The number of carbonyl (C=O) groups is 1. The molecule has 0 aliphatic rings. The van der Waals surface area contributed by atoms with Crippen LogP contribution in [0.4, 0.5) is 0 Å². The highest BCUT2D eigenvalue weighted by molar-refractivity contribution is 5.94. The molecule has 6 nitrogen and oxygen atoms in total. The first-order chi connectivity index (χ1) is 8.23. The lowest BCUT2D eigenvalue weighted by Crippen LogP contribution is -2.35. The van der Waals surface area contributed by atoms with Crippen LogP contribution in [0.1, 0.15) is 35.7 Å². The fourth-order valence-electron chi connectivity index (χ4n) is 1.91. The molecular weight excluding hydrogens is 234 g/mol. The lowest BCUT2D eigenvalue weighted by molar-refractivity contribution is 0.0407. The van der Waals surface area contributed by atoms with E-state index in [0.717, 1.165) is 0 Å². The summed E-state index contributed by atoms with van der Waals surface area (Å²) < 4.78 is 5.48. The van der Waals surface area contributed by atoms with E-state index < -0.39 is 5.60 Å². The molecule has 4 N–H and O–H groups in total. The molecule has 0 aliphatic carbocycles. The van der Waals surface area contributed by atoms with Crippen molar-refractivity contribution in [3.05, 3.63) is 23.2 Å². The molecule has 0 unspecified atom stereocenters. The van der Waals surface area contributed by atoms with Gasteiger partial charge in [-0.1, -0.05) is 0 Å². The molecule has 0 spiro atoms. The number of nitrogens with two attached hydrogens (primary N) is 1. The maximum Gasteiger partial charge on any atom is 0.268 e.